The van der Waals surface area contributed by atoms with E-state index in [-0.39, 0.29) is 5.91 Å². The van der Waals surface area contributed by atoms with Crippen LogP contribution in [0.25, 0.3) is 0 Å². The summed E-state index contributed by atoms with van der Waals surface area (Å²) in [5, 5.41) is 5.75. The lowest BCUT2D eigenvalue weighted by Gasteiger charge is -2.02. The van der Waals surface area contributed by atoms with Crippen molar-refractivity contribution in [3.63, 3.8) is 0 Å². The van der Waals surface area contributed by atoms with Crippen molar-refractivity contribution in [3.05, 3.63) is 17.8 Å². The van der Waals surface area contributed by atoms with Gasteiger partial charge in [-0.15, -0.1) is 0 Å². The number of hydrogen-bond donors (Lipinski definition) is 2. The van der Waals surface area contributed by atoms with E-state index in [9.17, 15) is 4.79 Å². The zero-order valence-electron chi connectivity index (χ0n) is 8.46. The van der Waals surface area contributed by atoms with Crippen LogP contribution >= 0.6 is 0 Å². The first-order chi connectivity index (χ1) is 6.75. The van der Waals surface area contributed by atoms with E-state index in [0.29, 0.717) is 18.0 Å². The highest BCUT2D eigenvalue weighted by Gasteiger charge is 2.12. The van der Waals surface area contributed by atoms with Gasteiger partial charge in [-0.3, -0.25) is 4.79 Å². The van der Waals surface area contributed by atoms with Crippen LogP contribution in [-0.4, -0.2) is 31.0 Å². The summed E-state index contributed by atoms with van der Waals surface area (Å²) in [4.78, 5) is 15.3. The molecule has 5 nitrogen and oxygen atoms in total. The quantitative estimate of drug-likeness (QED) is 0.667. The van der Waals surface area contributed by atoms with Gasteiger partial charge in [0.15, 0.2) is 6.39 Å². The molecule has 1 amide bonds. The molecule has 0 aliphatic carbocycles. The smallest absolute Gasteiger partial charge is 0.288 e. The summed E-state index contributed by atoms with van der Waals surface area (Å²) in [5.41, 5.74) is 0.621. The molecule has 14 heavy (non-hydrogen) atoms. The Morgan fingerprint density at radius 2 is 2.36 bits per heavy atom. The minimum Gasteiger partial charge on any atom is -0.438 e. The summed E-state index contributed by atoms with van der Waals surface area (Å²) in [7, 11) is 1.88. The van der Waals surface area contributed by atoms with Gasteiger partial charge in [-0.05, 0) is 26.9 Å². The van der Waals surface area contributed by atoms with Crippen molar-refractivity contribution < 1.29 is 9.21 Å². The minimum atomic E-state index is -0.198. The van der Waals surface area contributed by atoms with Crippen LogP contribution in [0.3, 0.4) is 0 Å². The predicted molar refractivity (Wildman–Crippen MR) is 52.1 cm³/mol. The SMILES string of the molecule is CNCCCNC(=O)c1ocnc1C. The molecule has 1 heterocycles. The Kier molecular flexibility index (Phi) is 4.12. The van der Waals surface area contributed by atoms with Crippen LogP contribution in [0.4, 0.5) is 0 Å². The van der Waals surface area contributed by atoms with Crippen LogP contribution in [0.5, 0.6) is 0 Å². The van der Waals surface area contributed by atoms with Crippen LogP contribution in [0.15, 0.2) is 10.8 Å². The molecule has 2 N–H and O–H groups in total. The van der Waals surface area contributed by atoms with Crippen molar-refractivity contribution in [2.75, 3.05) is 20.1 Å². The van der Waals surface area contributed by atoms with Crippen LogP contribution in [0.1, 0.15) is 22.7 Å². The fourth-order valence-electron chi connectivity index (χ4n) is 1.07. The van der Waals surface area contributed by atoms with Gasteiger partial charge in [-0.1, -0.05) is 0 Å². The third-order valence-corrected chi connectivity index (χ3v) is 1.84. The van der Waals surface area contributed by atoms with Crippen molar-refractivity contribution in [2.45, 2.75) is 13.3 Å². The predicted octanol–water partition coefficient (Wildman–Crippen LogP) is 0.322. The van der Waals surface area contributed by atoms with Crippen LogP contribution in [-0.2, 0) is 0 Å². The van der Waals surface area contributed by atoms with Gasteiger partial charge < -0.3 is 15.1 Å². The Labute approximate surface area is 82.9 Å². The van der Waals surface area contributed by atoms with Gasteiger partial charge in [0.25, 0.3) is 5.91 Å². The summed E-state index contributed by atoms with van der Waals surface area (Å²) in [6, 6.07) is 0. The summed E-state index contributed by atoms with van der Waals surface area (Å²) >= 11 is 0. The molecule has 0 aromatic carbocycles. The normalized spacial score (nSPS) is 10.1. The molecule has 0 saturated carbocycles. The second-order valence-electron chi connectivity index (χ2n) is 2.98. The molecule has 0 bridgehead atoms. The third kappa shape index (κ3) is 2.85. The van der Waals surface area contributed by atoms with E-state index in [1.807, 2.05) is 7.05 Å². The largest absolute Gasteiger partial charge is 0.438 e. The number of amides is 1. The first-order valence-electron chi connectivity index (χ1n) is 4.58. The molecule has 0 atom stereocenters. The molecule has 1 rings (SSSR count). The number of nitrogens with one attached hydrogen (secondary N) is 2. The first-order valence-corrected chi connectivity index (χ1v) is 4.58. The lowest BCUT2D eigenvalue weighted by molar-refractivity contribution is 0.0924. The Hall–Kier alpha value is -1.36. The maximum Gasteiger partial charge on any atom is 0.288 e. The third-order valence-electron chi connectivity index (χ3n) is 1.84. The number of nitrogens with zero attached hydrogens (tertiary/aromatic N) is 1. The monoisotopic (exact) mass is 197 g/mol. The van der Waals surface area contributed by atoms with Crippen molar-refractivity contribution in [3.8, 4) is 0 Å². The highest BCUT2D eigenvalue weighted by Crippen LogP contribution is 2.03. The van der Waals surface area contributed by atoms with E-state index < -0.39 is 0 Å². The van der Waals surface area contributed by atoms with E-state index in [2.05, 4.69) is 15.6 Å². The molecule has 0 saturated heterocycles. The van der Waals surface area contributed by atoms with E-state index in [1.54, 1.807) is 6.92 Å². The van der Waals surface area contributed by atoms with Crippen molar-refractivity contribution in [2.24, 2.45) is 0 Å². The highest BCUT2D eigenvalue weighted by atomic mass is 16.3. The highest BCUT2D eigenvalue weighted by molar-refractivity contribution is 5.92. The molecule has 0 unspecified atom stereocenters. The number of rotatable bonds is 5. The van der Waals surface area contributed by atoms with Gasteiger partial charge >= 0.3 is 0 Å². The fraction of sp³-hybridized carbons (Fsp3) is 0.556. The second kappa shape index (κ2) is 5.39. The molecular weight excluding hydrogens is 182 g/mol. The van der Waals surface area contributed by atoms with E-state index in [0.717, 1.165) is 13.0 Å². The van der Waals surface area contributed by atoms with Gasteiger partial charge in [-0.2, -0.15) is 0 Å². The van der Waals surface area contributed by atoms with Gasteiger partial charge in [0.05, 0.1) is 5.69 Å². The maximum atomic E-state index is 11.4. The van der Waals surface area contributed by atoms with E-state index in [4.69, 9.17) is 4.42 Å². The topological polar surface area (TPSA) is 67.2 Å². The fourth-order valence-corrected chi connectivity index (χ4v) is 1.07. The Balaban J connectivity index is 2.32. The molecule has 5 heteroatoms. The number of carbonyl (C=O) groups is 1. The number of oxazole rings is 1. The Morgan fingerprint density at radius 1 is 1.57 bits per heavy atom. The maximum absolute atomic E-state index is 11.4. The average molecular weight is 197 g/mol. The summed E-state index contributed by atoms with van der Waals surface area (Å²) in [5.74, 6) is 0.102. The van der Waals surface area contributed by atoms with Crippen molar-refractivity contribution in [1.29, 1.82) is 0 Å². The zero-order valence-corrected chi connectivity index (χ0v) is 8.46. The number of carbonyl (C=O) groups excluding carboxylic acids is 1. The van der Waals surface area contributed by atoms with Gasteiger partial charge in [-0.25, -0.2) is 4.98 Å². The van der Waals surface area contributed by atoms with E-state index in [1.165, 1.54) is 6.39 Å². The minimum absolute atomic E-state index is 0.198. The molecule has 0 spiro atoms. The molecule has 1 aromatic rings. The van der Waals surface area contributed by atoms with Crippen molar-refractivity contribution in [1.82, 2.24) is 15.6 Å². The summed E-state index contributed by atoms with van der Waals surface area (Å²) in [6.45, 7) is 3.27. The number of aromatic nitrogens is 1. The molecule has 1 aromatic heterocycles. The molecular formula is C9H15N3O2. The average Bonchev–Trinajstić information content (AvgIpc) is 2.59. The van der Waals surface area contributed by atoms with Crippen molar-refractivity contribution >= 4 is 5.91 Å². The number of aryl methyl sites for hydroxylation is 1. The van der Waals surface area contributed by atoms with E-state index >= 15 is 0 Å². The van der Waals surface area contributed by atoms with Crippen LogP contribution < -0.4 is 10.6 Å². The summed E-state index contributed by atoms with van der Waals surface area (Å²) in [6.07, 6.45) is 2.17. The Bertz CT molecular complexity index is 296. The lowest BCUT2D eigenvalue weighted by atomic mass is 10.3. The van der Waals surface area contributed by atoms with Crippen LogP contribution in [0, 0.1) is 6.92 Å². The number of hydrogen-bond acceptors (Lipinski definition) is 4. The van der Waals surface area contributed by atoms with Gasteiger partial charge in [0.2, 0.25) is 5.76 Å². The second-order valence-corrected chi connectivity index (χ2v) is 2.98. The molecule has 0 aliphatic heterocycles. The summed E-state index contributed by atoms with van der Waals surface area (Å²) < 4.78 is 4.94. The lowest BCUT2D eigenvalue weighted by Crippen LogP contribution is -2.26. The zero-order chi connectivity index (χ0) is 10.4. The molecule has 78 valence electrons. The molecule has 0 radical (unpaired) electrons. The van der Waals surface area contributed by atoms with Gasteiger partial charge in [0, 0.05) is 6.54 Å². The molecule has 0 fully saturated rings. The van der Waals surface area contributed by atoms with Gasteiger partial charge in [0.1, 0.15) is 0 Å². The van der Waals surface area contributed by atoms with Crippen LogP contribution in [0.2, 0.25) is 0 Å². The Morgan fingerprint density at radius 3 is 2.93 bits per heavy atom. The standard InChI is InChI=1S/C9H15N3O2/c1-7-8(14-6-12-7)9(13)11-5-3-4-10-2/h6,10H,3-5H2,1-2H3,(H,11,13). The molecule has 0 aliphatic rings. The first kappa shape index (κ1) is 10.7.